The molecule has 1 fully saturated rings. The van der Waals surface area contributed by atoms with Gasteiger partial charge >= 0.3 is 0 Å². The van der Waals surface area contributed by atoms with Crippen LogP contribution >= 0.6 is 23.1 Å². The average Bonchev–Trinajstić information content (AvgIpc) is 3.31. The van der Waals surface area contributed by atoms with E-state index in [1.54, 1.807) is 0 Å². The fourth-order valence-corrected chi connectivity index (χ4v) is 4.64. The summed E-state index contributed by atoms with van der Waals surface area (Å²) >= 11 is 2.89. The maximum atomic E-state index is 12.4. The zero-order chi connectivity index (χ0) is 20.4. The average molecular weight is 428 g/mol. The fraction of sp³-hybridized carbons (Fsp3) is 0.429. The Morgan fingerprint density at radius 1 is 1.28 bits per heavy atom. The number of carbonyl (C=O) groups is 1. The van der Waals surface area contributed by atoms with E-state index in [9.17, 15) is 4.79 Å². The van der Waals surface area contributed by atoms with Crippen LogP contribution in [0.4, 0.5) is 5.13 Å². The Hall–Kier alpha value is -2.19. The zero-order valence-corrected chi connectivity index (χ0v) is 18.6. The van der Waals surface area contributed by atoms with Crippen molar-refractivity contribution in [3.05, 3.63) is 40.5 Å². The summed E-state index contributed by atoms with van der Waals surface area (Å²) in [4.78, 5) is 17.0. The Morgan fingerprint density at radius 2 is 2.10 bits per heavy atom. The molecule has 1 N–H and O–H groups in total. The van der Waals surface area contributed by atoms with E-state index in [4.69, 9.17) is 0 Å². The van der Waals surface area contributed by atoms with Gasteiger partial charge in [0.2, 0.25) is 5.91 Å². The summed E-state index contributed by atoms with van der Waals surface area (Å²) in [6.45, 7) is 7.23. The molecule has 0 radical (unpaired) electrons. The first-order valence-corrected chi connectivity index (χ1v) is 11.8. The first-order chi connectivity index (χ1) is 14.0. The monoisotopic (exact) mass is 427 g/mol. The van der Waals surface area contributed by atoms with Gasteiger partial charge < -0.3 is 9.88 Å². The van der Waals surface area contributed by atoms with Crippen LogP contribution in [0.5, 0.6) is 0 Å². The summed E-state index contributed by atoms with van der Waals surface area (Å²) in [6.07, 6.45) is 3.41. The Labute approximate surface area is 179 Å². The number of benzene rings is 1. The molecule has 2 aromatic heterocycles. The molecular formula is C21H25N5OS2. The van der Waals surface area contributed by atoms with Crippen molar-refractivity contribution in [2.45, 2.75) is 57.7 Å². The molecule has 0 saturated heterocycles. The van der Waals surface area contributed by atoms with Crippen molar-refractivity contribution in [2.75, 3.05) is 11.1 Å². The first-order valence-electron chi connectivity index (χ1n) is 9.94. The summed E-state index contributed by atoms with van der Waals surface area (Å²) in [7, 11) is 0. The van der Waals surface area contributed by atoms with Crippen molar-refractivity contribution in [2.24, 2.45) is 0 Å². The summed E-state index contributed by atoms with van der Waals surface area (Å²) in [6, 6.07) is 6.29. The van der Waals surface area contributed by atoms with Crippen LogP contribution in [-0.4, -0.2) is 31.4 Å². The predicted molar refractivity (Wildman–Crippen MR) is 119 cm³/mol. The van der Waals surface area contributed by atoms with Gasteiger partial charge in [-0.15, -0.1) is 21.5 Å². The topological polar surface area (TPSA) is 72.7 Å². The Morgan fingerprint density at radius 3 is 2.83 bits per heavy atom. The van der Waals surface area contributed by atoms with Crippen molar-refractivity contribution >= 4 is 34.1 Å². The first kappa shape index (κ1) is 20.1. The fourth-order valence-electron chi connectivity index (χ4n) is 3.13. The van der Waals surface area contributed by atoms with Crippen molar-refractivity contribution in [3.63, 3.8) is 0 Å². The molecule has 8 heteroatoms. The quantitative estimate of drug-likeness (QED) is 0.510. The molecule has 0 unspecified atom stereocenters. The Kier molecular flexibility index (Phi) is 6.01. The summed E-state index contributed by atoms with van der Waals surface area (Å²) in [5.74, 6) is 1.85. The molecule has 1 aliphatic rings. The molecule has 152 valence electrons. The van der Waals surface area contributed by atoms with Crippen molar-refractivity contribution in [3.8, 4) is 11.3 Å². The normalized spacial score (nSPS) is 13.6. The molecular weight excluding hydrogens is 402 g/mol. The number of amides is 1. The largest absolute Gasteiger partial charge is 0.306 e. The molecule has 1 saturated carbocycles. The highest BCUT2D eigenvalue weighted by Gasteiger charge is 2.30. The van der Waals surface area contributed by atoms with Gasteiger partial charge in [0.05, 0.1) is 11.4 Å². The highest BCUT2D eigenvalue weighted by molar-refractivity contribution is 7.99. The van der Waals surface area contributed by atoms with Gasteiger partial charge in [-0.3, -0.25) is 4.79 Å². The summed E-state index contributed by atoms with van der Waals surface area (Å²) in [5, 5.41) is 15.0. The number of hydrogen-bond donors (Lipinski definition) is 1. The number of nitrogens with one attached hydrogen (secondary N) is 1. The van der Waals surface area contributed by atoms with E-state index in [1.807, 2.05) is 5.38 Å². The van der Waals surface area contributed by atoms with Gasteiger partial charge in [0, 0.05) is 23.4 Å². The van der Waals surface area contributed by atoms with Crippen molar-refractivity contribution in [1.82, 2.24) is 19.7 Å². The highest BCUT2D eigenvalue weighted by Crippen LogP contribution is 2.40. The molecule has 4 rings (SSSR count). The van der Waals surface area contributed by atoms with Crippen LogP contribution in [0, 0.1) is 13.8 Å². The van der Waals surface area contributed by atoms with Gasteiger partial charge in [0.25, 0.3) is 0 Å². The Bertz CT molecular complexity index is 1020. The number of nitrogens with zero attached hydrogens (tertiary/aromatic N) is 4. The second kappa shape index (κ2) is 8.67. The van der Waals surface area contributed by atoms with E-state index >= 15 is 0 Å². The lowest BCUT2D eigenvalue weighted by Crippen LogP contribution is -2.14. The standard InChI is InChI=1S/C21H25N5OS2/c1-4-9-26-19(15-7-8-15)24-25-21(26)29-12-18(27)23-20-22-17(11-28-20)16-6-5-13(2)14(3)10-16/h5-6,10-11,15H,4,7-9,12H2,1-3H3,(H,22,23,27). The van der Waals surface area contributed by atoms with Gasteiger partial charge in [-0.1, -0.05) is 30.8 Å². The molecule has 0 aliphatic heterocycles. The maximum Gasteiger partial charge on any atom is 0.236 e. The molecule has 2 heterocycles. The molecule has 6 nitrogen and oxygen atoms in total. The second-order valence-corrected chi connectivity index (χ2v) is 9.24. The zero-order valence-electron chi connectivity index (χ0n) is 16.9. The van der Waals surface area contributed by atoms with Crippen molar-refractivity contribution < 1.29 is 4.79 Å². The maximum absolute atomic E-state index is 12.4. The van der Waals surface area contributed by atoms with E-state index in [0.29, 0.717) is 16.8 Å². The molecule has 0 bridgehead atoms. The van der Waals surface area contributed by atoms with Gasteiger partial charge in [-0.25, -0.2) is 4.98 Å². The smallest absolute Gasteiger partial charge is 0.236 e. The predicted octanol–water partition coefficient (Wildman–Crippen LogP) is 5.04. The van der Waals surface area contributed by atoms with Crippen LogP contribution in [0.3, 0.4) is 0 Å². The number of hydrogen-bond acceptors (Lipinski definition) is 6. The lowest BCUT2D eigenvalue weighted by molar-refractivity contribution is -0.113. The van der Waals surface area contributed by atoms with E-state index in [0.717, 1.165) is 35.2 Å². The minimum Gasteiger partial charge on any atom is -0.306 e. The third-order valence-corrected chi connectivity index (χ3v) is 6.75. The third kappa shape index (κ3) is 4.70. The summed E-state index contributed by atoms with van der Waals surface area (Å²) in [5.41, 5.74) is 4.45. The molecule has 29 heavy (non-hydrogen) atoms. The van der Waals surface area contributed by atoms with E-state index in [2.05, 4.69) is 64.0 Å². The van der Waals surface area contributed by atoms with Gasteiger partial charge in [-0.05, 0) is 50.3 Å². The van der Waals surface area contributed by atoms with Crippen LogP contribution in [0.2, 0.25) is 0 Å². The third-order valence-electron chi connectivity index (χ3n) is 5.02. The summed E-state index contributed by atoms with van der Waals surface area (Å²) < 4.78 is 2.18. The van der Waals surface area contributed by atoms with Crippen LogP contribution in [-0.2, 0) is 11.3 Å². The molecule has 0 spiro atoms. The number of thioether (sulfide) groups is 1. The minimum atomic E-state index is -0.0741. The lowest BCUT2D eigenvalue weighted by atomic mass is 10.1. The molecule has 1 amide bonds. The van der Waals surface area contributed by atoms with E-state index in [1.165, 1.54) is 47.1 Å². The second-order valence-electron chi connectivity index (χ2n) is 7.44. The van der Waals surface area contributed by atoms with Crippen LogP contribution in [0.15, 0.2) is 28.7 Å². The van der Waals surface area contributed by atoms with Crippen LogP contribution in [0.25, 0.3) is 11.3 Å². The lowest BCUT2D eigenvalue weighted by Gasteiger charge is -2.08. The van der Waals surface area contributed by atoms with Gasteiger partial charge in [0.1, 0.15) is 5.82 Å². The molecule has 3 aromatic rings. The number of thiazole rings is 1. The number of aryl methyl sites for hydroxylation is 2. The number of aromatic nitrogens is 4. The van der Waals surface area contributed by atoms with Gasteiger partial charge in [0.15, 0.2) is 10.3 Å². The van der Waals surface area contributed by atoms with Gasteiger partial charge in [-0.2, -0.15) is 0 Å². The van der Waals surface area contributed by atoms with Crippen LogP contribution < -0.4 is 5.32 Å². The number of anilines is 1. The molecule has 1 aliphatic carbocycles. The highest BCUT2D eigenvalue weighted by atomic mass is 32.2. The Balaban J connectivity index is 1.37. The minimum absolute atomic E-state index is 0.0741. The van der Waals surface area contributed by atoms with Crippen molar-refractivity contribution in [1.29, 1.82) is 0 Å². The number of carbonyl (C=O) groups excluding carboxylic acids is 1. The SMILES string of the molecule is CCCn1c(SCC(=O)Nc2nc(-c3ccc(C)c(C)c3)cs2)nnc1C1CC1. The van der Waals surface area contributed by atoms with E-state index < -0.39 is 0 Å². The number of rotatable bonds is 8. The van der Waals surface area contributed by atoms with Crippen LogP contribution in [0.1, 0.15) is 49.1 Å². The molecule has 1 aromatic carbocycles. The van der Waals surface area contributed by atoms with E-state index in [-0.39, 0.29) is 5.91 Å². The molecule has 0 atom stereocenters.